The van der Waals surface area contributed by atoms with Crippen LogP contribution >= 0.6 is 0 Å². The summed E-state index contributed by atoms with van der Waals surface area (Å²) in [5.74, 6) is -0.644. The minimum Gasteiger partial charge on any atom is -0.387 e. The van der Waals surface area contributed by atoms with Gasteiger partial charge in [-0.25, -0.2) is 13.2 Å². The molecule has 1 amide bonds. The molecule has 3 aromatic carbocycles. The summed E-state index contributed by atoms with van der Waals surface area (Å²) in [6.45, 7) is -0.213. The van der Waals surface area contributed by atoms with Crippen LogP contribution in [0.3, 0.4) is 0 Å². The van der Waals surface area contributed by atoms with Gasteiger partial charge in [0.1, 0.15) is 0 Å². The molecular weight excluding hydrogens is 478 g/mol. The van der Waals surface area contributed by atoms with Gasteiger partial charge in [-0.1, -0.05) is 12.1 Å². The van der Waals surface area contributed by atoms with Crippen molar-refractivity contribution in [2.45, 2.75) is 11.0 Å². The van der Waals surface area contributed by atoms with Crippen LogP contribution in [0.15, 0.2) is 76.4 Å². The van der Waals surface area contributed by atoms with E-state index in [1.54, 1.807) is 12.1 Å². The maximum atomic E-state index is 12.9. The van der Waals surface area contributed by atoms with Gasteiger partial charge < -0.3 is 20.4 Å². The Balaban J connectivity index is 1.49. The highest BCUT2D eigenvalue weighted by Gasteiger charge is 2.20. The summed E-state index contributed by atoms with van der Waals surface area (Å²) in [7, 11) is -4.11. The Labute approximate surface area is 197 Å². The van der Waals surface area contributed by atoms with Gasteiger partial charge in [0.05, 0.1) is 38.2 Å². The van der Waals surface area contributed by atoms with Crippen molar-refractivity contribution in [1.29, 1.82) is 0 Å². The largest absolute Gasteiger partial charge is 0.387 e. The topological polar surface area (TPSA) is 187 Å². The van der Waals surface area contributed by atoms with Crippen molar-refractivity contribution in [3.05, 3.63) is 98.5 Å². The molecule has 35 heavy (non-hydrogen) atoms. The van der Waals surface area contributed by atoms with Gasteiger partial charge >= 0.3 is 5.69 Å². The van der Waals surface area contributed by atoms with Crippen molar-refractivity contribution in [2.75, 3.05) is 11.3 Å². The third-order valence-corrected chi connectivity index (χ3v) is 6.52. The summed E-state index contributed by atoms with van der Waals surface area (Å²) in [6, 6.07) is 15.2. The second kappa shape index (κ2) is 9.40. The number of carbonyl (C=O) groups excluding carboxylic acids is 1. The predicted molar refractivity (Wildman–Crippen MR) is 127 cm³/mol. The molecule has 4 rings (SSSR count). The summed E-state index contributed by atoms with van der Waals surface area (Å²) in [6.07, 6.45) is -1.14. The fraction of sp³-hybridized carbons (Fsp3) is 0.0909. The van der Waals surface area contributed by atoms with E-state index in [9.17, 15) is 33.2 Å². The van der Waals surface area contributed by atoms with Crippen LogP contribution in [0.25, 0.3) is 11.0 Å². The van der Waals surface area contributed by atoms with E-state index in [2.05, 4.69) is 20.0 Å². The molecule has 0 fully saturated rings. The number of para-hydroxylation sites is 1. The molecule has 0 aliphatic carbocycles. The first kappa shape index (κ1) is 23.7. The molecule has 5 N–H and O–H groups in total. The molecule has 1 unspecified atom stereocenters. The van der Waals surface area contributed by atoms with Gasteiger partial charge in [-0.15, -0.1) is 0 Å². The highest BCUT2D eigenvalue weighted by Crippen LogP contribution is 2.22. The number of nitro groups is 1. The molecule has 0 aliphatic heterocycles. The van der Waals surface area contributed by atoms with Crippen LogP contribution in [0.5, 0.6) is 0 Å². The zero-order valence-corrected chi connectivity index (χ0v) is 18.7. The lowest BCUT2D eigenvalue weighted by Gasteiger charge is -2.15. The van der Waals surface area contributed by atoms with Crippen molar-refractivity contribution >= 4 is 38.3 Å². The average Bonchev–Trinajstić information content (AvgIpc) is 3.21. The van der Waals surface area contributed by atoms with E-state index in [4.69, 9.17) is 0 Å². The number of hydrogen-bond donors (Lipinski definition) is 5. The molecule has 12 nitrogen and oxygen atoms in total. The van der Waals surface area contributed by atoms with E-state index in [-0.39, 0.29) is 28.4 Å². The Hall–Kier alpha value is -4.49. The van der Waals surface area contributed by atoms with Crippen LogP contribution < -0.4 is 15.7 Å². The third-order valence-electron chi connectivity index (χ3n) is 5.16. The van der Waals surface area contributed by atoms with Crippen LogP contribution in [0.2, 0.25) is 0 Å². The van der Waals surface area contributed by atoms with Crippen LogP contribution in [0.1, 0.15) is 22.0 Å². The summed E-state index contributed by atoms with van der Waals surface area (Å²) >= 11 is 0. The molecule has 0 radical (unpaired) electrons. The van der Waals surface area contributed by atoms with Gasteiger partial charge in [0.2, 0.25) is 0 Å². The normalized spacial score (nSPS) is 12.3. The average molecular weight is 497 g/mol. The number of nitro benzene ring substituents is 1. The first-order chi connectivity index (χ1) is 16.6. The van der Waals surface area contributed by atoms with E-state index >= 15 is 0 Å². The monoisotopic (exact) mass is 497 g/mol. The van der Waals surface area contributed by atoms with E-state index in [0.29, 0.717) is 16.6 Å². The van der Waals surface area contributed by atoms with Gasteiger partial charge in [0.25, 0.3) is 21.6 Å². The van der Waals surface area contributed by atoms with E-state index in [1.807, 2.05) is 0 Å². The number of benzene rings is 3. The second-order valence-corrected chi connectivity index (χ2v) is 9.19. The number of aromatic amines is 2. The summed E-state index contributed by atoms with van der Waals surface area (Å²) in [5.41, 5.74) is 0.543. The fourth-order valence-corrected chi connectivity index (χ4v) is 4.48. The number of sulfonamides is 1. The molecule has 1 aromatic heterocycles. The molecule has 1 heterocycles. The molecule has 1 atom stereocenters. The molecule has 0 saturated carbocycles. The maximum Gasteiger partial charge on any atom is 0.323 e. The fourth-order valence-electron chi connectivity index (χ4n) is 3.37. The SMILES string of the molecule is O=C(NCC(O)c1ccc([N+](=O)[O-])cc1)c1ccccc1NS(=O)(=O)c1ccc2[nH]c(=O)[nH]c2c1. The smallest absolute Gasteiger partial charge is 0.323 e. The molecule has 180 valence electrons. The molecular formula is C22H19N5O7S. The van der Waals surface area contributed by atoms with E-state index in [1.165, 1.54) is 54.6 Å². The van der Waals surface area contributed by atoms with Gasteiger partial charge in [-0.05, 0) is 48.0 Å². The van der Waals surface area contributed by atoms with Crippen LogP contribution in [0.4, 0.5) is 11.4 Å². The molecule has 13 heteroatoms. The van der Waals surface area contributed by atoms with Gasteiger partial charge in [-0.3, -0.25) is 19.6 Å². The number of carbonyl (C=O) groups is 1. The number of aromatic nitrogens is 2. The highest BCUT2D eigenvalue weighted by molar-refractivity contribution is 7.92. The number of H-pyrrole nitrogens is 2. The number of hydrogen-bond acceptors (Lipinski definition) is 7. The lowest BCUT2D eigenvalue weighted by atomic mass is 10.1. The Morgan fingerprint density at radius 3 is 2.43 bits per heavy atom. The standard InChI is InChI=1S/C22H19N5O7S/c28-20(13-5-7-14(8-6-13)27(31)32)12-23-21(29)16-3-1-2-4-17(16)26-35(33,34)15-9-10-18-19(11-15)25-22(30)24-18/h1-11,20,26,28H,12H2,(H,23,29)(H2,24,25,30). The molecule has 0 spiro atoms. The number of imidazole rings is 1. The Bertz CT molecular complexity index is 1580. The van der Waals surface area contributed by atoms with Gasteiger partial charge in [-0.2, -0.15) is 0 Å². The first-order valence-electron chi connectivity index (χ1n) is 10.2. The third kappa shape index (κ3) is 5.20. The number of aliphatic hydroxyl groups is 1. The zero-order valence-electron chi connectivity index (χ0n) is 17.9. The highest BCUT2D eigenvalue weighted by atomic mass is 32.2. The number of rotatable bonds is 8. The van der Waals surface area contributed by atoms with Gasteiger partial charge in [0, 0.05) is 18.7 Å². The quantitative estimate of drug-likeness (QED) is 0.182. The van der Waals surface area contributed by atoms with E-state index < -0.39 is 32.6 Å². The van der Waals surface area contributed by atoms with Crippen molar-refractivity contribution in [3.8, 4) is 0 Å². The Kier molecular flexibility index (Phi) is 6.36. The zero-order chi connectivity index (χ0) is 25.2. The molecule has 4 aromatic rings. The lowest BCUT2D eigenvalue weighted by molar-refractivity contribution is -0.384. The Morgan fingerprint density at radius 2 is 1.71 bits per heavy atom. The summed E-state index contributed by atoms with van der Waals surface area (Å²) in [5, 5.41) is 23.6. The number of fused-ring (bicyclic) bond motifs is 1. The number of amides is 1. The van der Waals surface area contributed by atoms with Crippen LogP contribution in [0, 0.1) is 10.1 Å². The summed E-state index contributed by atoms with van der Waals surface area (Å²) < 4.78 is 28.2. The summed E-state index contributed by atoms with van der Waals surface area (Å²) in [4.78, 5) is 39.3. The number of nitrogens with zero attached hydrogens (tertiary/aromatic N) is 1. The Morgan fingerprint density at radius 1 is 1.03 bits per heavy atom. The molecule has 0 aliphatic rings. The number of non-ortho nitro benzene ring substituents is 1. The minimum atomic E-state index is -4.11. The maximum absolute atomic E-state index is 12.9. The minimum absolute atomic E-state index is 0.0116. The van der Waals surface area contributed by atoms with Crippen molar-refractivity contribution < 1.29 is 23.2 Å². The predicted octanol–water partition coefficient (Wildman–Crippen LogP) is 2.03. The van der Waals surface area contributed by atoms with Gasteiger partial charge in [0.15, 0.2) is 0 Å². The molecule has 0 saturated heterocycles. The van der Waals surface area contributed by atoms with Crippen molar-refractivity contribution in [1.82, 2.24) is 15.3 Å². The van der Waals surface area contributed by atoms with E-state index in [0.717, 1.165) is 0 Å². The number of nitrogens with one attached hydrogen (secondary N) is 4. The van der Waals surface area contributed by atoms with Crippen LogP contribution in [-0.2, 0) is 10.0 Å². The van der Waals surface area contributed by atoms with Crippen molar-refractivity contribution in [3.63, 3.8) is 0 Å². The number of anilines is 1. The van der Waals surface area contributed by atoms with Crippen LogP contribution in [-0.4, -0.2) is 40.9 Å². The first-order valence-corrected chi connectivity index (χ1v) is 11.7. The lowest BCUT2D eigenvalue weighted by Crippen LogP contribution is -2.29. The molecule has 0 bridgehead atoms. The second-order valence-electron chi connectivity index (χ2n) is 7.51. The van der Waals surface area contributed by atoms with Crippen molar-refractivity contribution in [2.24, 2.45) is 0 Å². The number of aliphatic hydroxyl groups excluding tert-OH is 1.